The maximum absolute atomic E-state index is 12.7. The van der Waals surface area contributed by atoms with Crippen molar-refractivity contribution in [2.24, 2.45) is 27.2 Å². The van der Waals surface area contributed by atoms with Crippen LogP contribution in [0.5, 0.6) is 5.75 Å². The first-order valence-corrected chi connectivity index (χ1v) is 10.0. The summed E-state index contributed by atoms with van der Waals surface area (Å²) >= 11 is 0.487. The number of benzene rings is 1. The van der Waals surface area contributed by atoms with E-state index in [1.807, 2.05) is 0 Å². The normalized spacial score (nSPS) is 12.8. The Morgan fingerprint density at radius 3 is 2.21 bits per heavy atom. The number of amides is 2. The molecule has 1 rings (SSSR count). The Morgan fingerprint density at radius 1 is 1.18 bits per heavy atom. The summed E-state index contributed by atoms with van der Waals surface area (Å²) in [6, 6.07) is 0.583. The fourth-order valence-corrected chi connectivity index (χ4v) is 2.84. The second-order valence-electron chi connectivity index (χ2n) is 6.25. The zero-order valence-electron chi connectivity index (χ0n) is 18.3. The number of alkyl halides is 3. The van der Waals surface area contributed by atoms with Crippen LogP contribution < -0.4 is 22.5 Å². The van der Waals surface area contributed by atoms with Gasteiger partial charge >= 0.3 is 6.18 Å². The van der Waals surface area contributed by atoms with E-state index in [4.69, 9.17) is 11.5 Å². The van der Waals surface area contributed by atoms with Crippen molar-refractivity contribution in [1.29, 1.82) is 0 Å². The number of nitrogens with zero attached hydrogens (tertiary/aromatic N) is 3. The number of rotatable bonds is 5. The molecule has 184 valence electrons. The van der Waals surface area contributed by atoms with Crippen LogP contribution in [0.1, 0.15) is 22.8 Å². The lowest BCUT2D eigenvalue weighted by molar-refractivity contribution is -0.137. The molecule has 1 aromatic carbocycles. The zero-order valence-corrected chi connectivity index (χ0v) is 19.1. The van der Waals surface area contributed by atoms with Crippen LogP contribution in [0, 0.1) is 0 Å². The standard InChI is InChI=1S/C17H21F3N6O4S.CH5N/c1-8(27)23-11(13(29)24-15(21)25-16(22)26(2)3)7-31-14(30)10-5-4-9(6-12(10)28)17(18,19)20;1-2/h4-6,11,28H,7H2,1-3H3,(H,23,27)(H4,21,22,24,25,29);2H2,1H3. The monoisotopic (exact) mass is 493 g/mol. The van der Waals surface area contributed by atoms with Crippen LogP contribution in [0.3, 0.4) is 0 Å². The minimum absolute atomic E-state index is 0.0348. The van der Waals surface area contributed by atoms with Crippen LogP contribution in [-0.2, 0) is 15.8 Å². The Bertz CT molecular complexity index is 921. The molecule has 0 fully saturated rings. The van der Waals surface area contributed by atoms with Crippen molar-refractivity contribution in [3.8, 4) is 5.75 Å². The molecule has 11 nitrogen and oxygen atoms in total. The summed E-state index contributed by atoms with van der Waals surface area (Å²) in [5.41, 5.74) is 14.1. The highest BCUT2D eigenvalue weighted by Crippen LogP contribution is 2.33. The SMILES string of the molecule is CC(=O)NC(CSC(=O)c1ccc(C(F)(F)F)cc1O)C(=O)N=C(N)/N=C(\N)N(C)C.CN. The predicted octanol–water partition coefficient (Wildman–Crippen LogP) is 0.0816. The van der Waals surface area contributed by atoms with E-state index in [1.54, 1.807) is 14.1 Å². The van der Waals surface area contributed by atoms with Gasteiger partial charge in [0.25, 0.3) is 5.91 Å². The topological polar surface area (TPSA) is 189 Å². The van der Waals surface area contributed by atoms with Crippen molar-refractivity contribution < 1.29 is 32.7 Å². The molecule has 0 aromatic heterocycles. The third-order valence-electron chi connectivity index (χ3n) is 3.51. The first kappa shape index (κ1) is 29.7. The molecule has 8 N–H and O–H groups in total. The number of nitrogens with two attached hydrogens (primary N) is 3. The van der Waals surface area contributed by atoms with Gasteiger partial charge in [-0.25, -0.2) is 0 Å². The summed E-state index contributed by atoms with van der Waals surface area (Å²) in [5.74, 6) is -3.25. The lowest BCUT2D eigenvalue weighted by Gasteiger charge is -2.14. The van der Waals surface area contributed by atoms with E-state index in [-0.39, 0.29) is 11.7 Å². The van der Waals surface area contributed by atoms with Gasteiger partial charge in [-0.1, -0.05) is 11.8 Å². The smallest absolute Gasteiger partial charge is 0.416 e. The first-order chi connectivity index (χ1) is 15.2. The van der Waals surface area contributed by atoms with Gasteiger partial charge in [0.05, 0.1) is 11.1 Å². The Hall–Kier alpha value is -3.33. The average Bonchev–Trinajstić information content (AvgIpc) is 2.70. The largest absolute Gasteiger partial charge is 0.507 e. The van der Waals surface area contributed by atoms with Crippen LogP contribution in [0.2, 0.25) is 0 Å². The molecule has 1 aromatic rings. The average molecular weight is 494 g/mol. The van der Waals surface area contributed by atoms with Crippen molar-refractivity contribution >= 4 is 40.6 Å². The lowest BCUT2D eigenvalue weighted by atomic mass is 10.1. The van der Waals surface area contributed by atoms with Crippen LogP contribution in [0.15, 0.2) is 28.2 Å². The minimum Gasteiger partial charge on any atom is -0.507 e. The summed E-state index contributed by atoms with van der Waals surface area (Å²) in [6.45, 7) is 1.13. The third-order valence-corrected chi connectivity index (χ3v) is 4.50. The molecule has 0 spiro atoms. The predicted molar refractivity (Wildman–Crippen MR) is 120 cm³/mol. The highest BCUT2D eigenvalue weighted by atomic mass is 32.2. The van der Waals surface area contributed by atoms with Gasteiger partial charge in [0, 0.05) is 26.8 Å². The fourth-order valence-electron chi connectivity index (χ4n) is 1.97. The van der Waals surface area contributed by atoms with E-state index in [0.717, 1.165) is 13.0 Å². The Morgan fingerprint density at radius 2 is 1.76 bits per heavy atom. The van der Waals surface area contributed by atoms with Crippen LogP contribution in [0.25, 0.3) is 0 Å². The number of aromatic hydroxyl groups is 1. The highest BCUT2D eigenvalue weighted by Gasteiger charge is 2.32. The number of guanidine groups is 2. The highest BCUT2D eigenvalue weighted by molar-refractivity contribution is 8.14. The number of halogens is 3. The van der Waals surface area contributed by atoms with E-state index in [2.05, 4.69) is 21.0 Å². The number of phenolic OH excluding ortho intramolecular Hbond substituents is 1. The molecular formula is C18H26F3N7O4S. The van der Waals surface area contributed by atoms with Crippen LogP contribution in [-0.4, -0.2) is 71.8 Å². The van der Waals surface area contributed by atoms with Crippen molar-refractivity contribution in [2.45, 2.75) is 19.1 Å². The van der Waals surface area contributed by atoms with Crippen molar-refractivity contribution in [3.63, 3.8) is 0 Å². The molecule has 0 aliphatic heterocycles. The van der Waals surface area contributed by atoms with Crippen molar-refractivity contribution in [2.75, 3.05) is 26.9 Å². The van der Waals surface area contributed by atoms with E-state index < -0.39 is 52.0 Å². The van der Waals surface area contributed by atoms with Gasteiger partial charge in [-0.15, -0.1) is 0 Å². The molecule has 1 unspecified atom stereocenters. The molecule has 0 saturated carbocycles. The number of nitrogens with one attached hydrogen (secondary N) is 1. The van der Waals surface area contributed by atoms with Crippen LogP contribution >= 0.6 is 11.8 Å². The number of carbonyl (C=O) groups excluding carboxylic acids is 3. The molecule has 0 radical (unpaired) electrons. The third kappa shape index (κ3) is 10.2. The molecule has 0 aliphatic rings. The van der Waals surface area contributed by atoms with Crippen molar-refractivity contribution in [3.05, 3.63) is 29.3 Å². The molecule has 2 amide bonds. The number of carbonyl (C=O) groups is 3. The van der Waals surface area contributed by atoms with Gasteiger partial charge < -0.3 is 32.5 Å². The number of thioether (sulfide) groups is 1. The summed E-state index contributed by atoms with van der Waals surface area (Å²) < 4.78 is 38.0. The summed E-state index contributed by atoms with van der Waals surface area (Å²) in [6.07, 6.45) is -4.69. The molecule has 1 atom stereocenters. The summed E-state index contributed by atoms with van der Waals surface area (Å²) in [4.78, 5) is 44.5. The molecule has 0 bridgehead atoms. The fraction of sp³-hybridized carbons (Fsp3) is 0.389. The van der Waals surface area contributed by atoms with Gasteiger partial charge in [0.2, 0.25) is 17.0 Å². The second kappa shape index (κ2) is 13.3. The summed E-state index contributed by atoms with van der Waals surface area (Å²) in [7, 11) is 4.65. The lowest BCUT2D eigenvalue weighted by Crippen LogP contribution is -2.42. The maximum Gasteiger partial charge on any atom is 0.416 e. The number of aliphatic imine (C=N–C) groups is 2. The zero-order chi connectivity index (χ0) is 25.9. The summed E-state index contributed by atoms with van der Waals surface area (Å²) in [5, 5.41) is 11.2. The molecule has 0 heterocycles. The van der Waals surface area contributed by atoms with Gasteiger partial charge in [-0.2, -0.15) is 23.2 Å². The molecule has 0 aliphatic carbocycles. The Balaban J connectivity index is 0.00000497. The van der Waals surface area contributed by atoms with Gasteiger partial charge in [0.1, 0.15) is 11.8 Å². The Labute approximate surface area is 192 Å². The van der Waals surface area contributed by atoms with Gasteiger partial charge in [-0.3, -0.25) is 14.4 Å². The number of phenols is 1. The van der Waals surface area contributed by atoms with Gasteiger partial charge in [0.15, 0.2) is 5.96 Å². The molecular weight excluding hydrogens is 467 g/mol. The van der Waals surface area contributed by atoms with E-state index >= 15 is 0 Å². The van der Waals surface area contributed by atoms with Crippen LogP contribution in [0.4, 0.5) is 13.2 Å². The molecule has 0 saturated heterocycles. The second-order valence-corrected chi connectivity index (χ2v) is 7.25. The van der Waals surface area contributed by atoms with Crippen molar-refractivity contribution in [1.82, 2.24) is 10.2 Å². The van der Waals surface area contributed by atoms with E-state index in [1.165, 1.54) is 11.9 Å². The Kier molecular flexibility index (Phi) is 11.9. The quantitative estimate of drug-likeness (QED) is 0.279. The van der Waals surface area contributed by atoms with E-state index in [0.29, 0.717) is 23.9 Å². The molecule has 33 heavy (non-hydrogen) atoms. The number of hydrogen-bond acceptors (Lipinski definition) is 6. The maximum atomic E-state index is 12.7. The first-order valence-electron chi connectivity index (χ1n) is 9.04. The minimum atomic E-state index is -4.69. The number of hydrogen-bond donors (Lipinski definition) is 5. The molecule has 15 heteroatoms. The van der Waals surface area contributed by atoms with E-state index in [9.17, 15) is 32.7 Å². The van der Waals surface area contributed by atoms with Gasteiger partial charge in [-0.05, 0) is 25.2 Å².